The summed E-state index contributed by atoms with van der Waals surface area (Å²) in [6, 6.07) is 10.1. The topological polar surface area (TPSA) is 61.8 Å². The highest BCUT2D eigenvalue weighted by Gasteiger charge is 2.35. The summed E-state index contributed by atoms with van der Waals surface area (Å²) >= 11 is 0. The molecular formula is C17H26N2O3. The zero-order valence-corrected chi connectivity index (χ0v) is 13.6. The molecule has 1 aliphatic heterocycles. The van der Waals surface area contributed by atoms with Gasteiger partial charge in [-0.05, 0) is 39.3 Å². The van der Waals surface area contributed by atoms with Gasteiger partial charge in [0.05, 0.1) is 18.7 Å². The van der Waals surface area contributed by atoms with Gasteiger partial charge in [0.25, 0.3) is 0 Å². The van der Waals surface area contributed by atoms with Crippen LogP contribution in [0.3, 0.4) is 0 Å². The van der Waals surface area contributed by atoms with Gasteiger partial charge in [-0.25, -0.2) is 4.79 Å². The van der Waals surface area contributed by atoms with Crippen LogP contribution in [-0.2, 0) is 11.2 Å². The van der Waals surface area contributed by atoms with E-state index in [2.05, 4.69) is 17.4 Å². The number of benzene rings is 1. The highest BCUT2D eigenvalue weighted by molar-refractivity contribution is 5.68. The number of β-amino-alcohol motifs (C(OH)–C–C–N with tert-alkyl or cyclic N) is 1. The molecule has 22 heavy (non-hydrogen) atoms. The average molecular weight is 306 g/mol. The van der Waals surface area contributed by atoms with Crippen molar-refractivity contribution in [2.75, 3.05) is 19.6 Å². The molecular weight excluding hydrogens is 280 g/mol. The molecule has 0 spiro atoms. The van der Waals surface area contributed by atoms with Gasteiger partial charge in [0.2, 0.25) is 0 Å². The number of rotatable bonds is 4. The number of hydrogen-bond donors (Lipinski definition) is 2. The molecule has 0 radical (unpaired) electrons. The summed E-state index contributed by atoms with van der Waals surface area (Å²) in [6.45, 7) is 7.09. The molecule has 1 saturated heterocycles. The molecule has 5 heteroatoms. The Morgan fingerprint density at radius 2 is 2.00 bits per heavy atom. The molecule has 1 aliphatic rings. The lowest BCUT2D eigenvalue weighted by Crippen LogP contribution is -2.41. The Hall–Kier alpha value is -1.59. The minimum atomic E-state index is -0.553. The second-order valence-corrected chi connectivity index (χ2v) is 6.75. The first-order chi connectivity index (χ1) is 10.3. The fourth-order valence-electron chi connectivity index (χ4n) is 2.51. The van der Waals surface area contributed by atoms with E-state index in [-0.39, 0.29) is 12.1 Å². The first-order valence-electron chi connectivity index (χ1n) is 7.78. The lowest BCUT2D eigenvalue weighted by atomic mass is 10.1. The van der Waals surface area contributed by atoms with E-state index in [1.807, 2.05) is 39.0 Å². The standard InChI is InChI=1S/C17H26N2O3/c1-17(2,3)22-16(21)19-11-14(15(20)12-19)18-10-9-13-7-5-4-6-8-13/h4-8,14-15,18,20H,9-12H2,1-3H3/t14-,15-/m1/s1. The summed E-state index contributed by atoms with van der Waals surface area (Å²) < 4.78 is 5.34. The van der Waals surface area contributed by atoms with Crippen LogP contribution >= 0.6 is 0 Å². The van der Waals surface area contributed by atoms with Crippen LogP contribution in [0.15, 0.2) is 30.3 Å². The number of amides is 1. The maximum absolute atomic E-state index is 12.0. The van der Waals surface area contributed by atoms with Gasteiger partial charge in [0.1, 0.15) is 5.60 Å². The smallest absolute Gasteiger partial charge is 0.410 e. The quantitative estimate of drug-likeness (QED) is 0.890. The number of aliphatic hydroxyl groups excluding tert-OH is 1. The van der Waals surface area contributed by atoms with Crippen molar-refractivity contribution < 1.29 is 14.6 Å². The molecule has 1 aromatic carbocycles. The molecule has 1 aromatic rings. The summed E-state index contributed by atoms with van der Waals surface area (Å²) in [4.78, 5) is 13.6. The Balaban J connectivity index is 1.77. The number of ether oxygens (including phenoxy) is 1. The monoisotopic (exact) mass is 306 g/mol. The highest BCUT2D eigenvalue weighted by Crippen LogP contribution is 2.16. The lowest BCUT2D eigenvalue weighted by Gasteiger charge is -2.24. The second-order valence-electron chi connectivity index (χ2n) is 6.75. The van der Waals surface area contributed by atoms with E-state index in [4.69, 9.17) is 4.74 Å². The highest BCUT2D eigenvalue weighted by atomic mass is 16.6. The van der Waals surface area contributed by atoms with E-state index in [9.17, 15) is 9.90 Å². The van der Waals surface area contributed by atoms with Crippen LogP contribution in [0.25, 0.3) is 0 Å². The fourth-order valence-corrected chi connectivity index (χ4v) is 2.51. The lowest BCUT2D eigenvalue weighted by molar-refractivity contribution is 0.0270. The number of aliphatic hydroxyl groups is 1. The normalized spacial score (nSPS) is 21.9. The van der Waals surface area contributed by atoms with Crippen molar-refractivity contribution in [3.8, 4) is 0 Å². The third-order valence-corrected chi connectivity index (χ3v) is 3.60. The van der Waals surface area contributed by atoms with Gasteiger partial charge < -0.3 is 20.1 Å². The Morgan fingerprint density at radius 1 is 1.32 bits per heavy atom. The van der Waals surface area contributed by atoms with Gasteiger partial charge in [0.15, 0.2) is 0 Å². The van der Waals surface area contributed by atoms with Gasteiger partial charge in [-0.2, -0.15) is 0 Å². The number of likely N-dealkylation sites (tertiary alicyclic amines) is 1. The van der Waals surface area contributed by atoms with E-state index >= 15 is 0 Å². The summed E-state index contributed by atoms with van der Waals surface area (Å²) in [5.41, 5.74) is 0.743. The molecule has 0 bridgehead atoms. The minimum absolute atomic E-state index is 0.101. The van der Waals surface area contributed by atoms with E-state index in [0.29, 0.717) is 13.1 Å². The van der Waals surface area contributed by atoms with Crippen LogP contribution < -0.4 is 5.32 Å². The maximum atomic E-state index is 12.0. The van der Waals surface area contributed by atoms with Crippen LogP contribution in [0.5, 0.6) is 0 Å². The zero-order chi connectivity index (χ0) is 16.2. The van der Waals surface area contributed by atoms with E-state index in [0.717, 1.165) is 13.0 Å². The van der Waals surface area contributed by atoms with Gasteiger partial charge >= 0.3 is 6.09 Å². The van der Waals surface area contributed by atoms with Crippen molar-refractivity contribution in [1.82, 2.24) is 10.2 Å². The number of nitrogens with one attached hydrogen (secondary N) is 1. The van der Waals surface area contributed by atoms with Gasteiger partial charge in [-0.15, -0.1) is 0 Å². The Labute approximate surface area is 132 Å². The van der Waals surface area contributed by atoms with Crippen molar-refractivity contribution in [3.05, 3.63) is 35.9 Å². The molecule has 122 valence electrons. The molecule has 1 heterocycles. The summed E-state index contributed by atoms with van der Waals surface area (Å²) in [5, 5.41) is 13.4. The third kappa shape index (κ3) is 5.00. The first-order valence-corrected chi connectivity index (χ1v) is 7.78. The molecule has 1 amide bonds. The minimum Gasteiger partial charge on any atom is -0.444 e. The summed E-state index contributed by atoms with van der Waals surface area (Å²) in [7, 11) is 0. The summed E-state index contributed by atoms with van der Waals surface area (Å²) in [5.74, 6) is 0. The molecule has 5 nitrogen and oxygen atoms in total. The second kappa shape index (κ2) is 7.11. The molecule has 0 aliphatic carbocycles. The van der Waals surface area contributed by atoms with Crippen LogP contribution in [0.2, 0.25) is 0 Å². The predicted octanol–water partition coefficient (Wildman–Crippen LogP) is 1.80. The van der Waals surface area contributed by atoms with Crippen LogP contribution in [0, 0.1) is 0 Å². The number of carbonyl (C=O) groups excluding carboxylic acids is 1. The number of nitrogens with zero attached hydrogens (tertiary/aromatic N) is 1. The number of carbonyl (C=O) groups is 1. The molecule has 1 fully saturated rings. The third-order valence-electron chi connectivity index (χ3n) is 3.60. The molecule has 2 N–H and O–H groups in total. The van der Waals surface area contributed by atoms with Crippen molar-refractivity contribution in [1.29, 1.82) is 0 Å². The van der Waals surface area contributed by atoms with Crippen LogP contribution in [-0.4, -0.2) is 53.5 Å². The van der Waals surface area contributed by atoms with E-state index < -0.39 is 11.7 Å². The molecule has 2 atom stereocenters. The molecule has 0 aromatic heterocycles. The van der Waals surface area contributed by atoms with Crippen LogP contribution in [0.4, 0.5) is 4.79 Å². The van der Waals surface area contributed by atoms with Crippen molar-refractivity contribution in [2.24, 2.45) is 0 Å². The molecule has 0 saturated carbocycles. The van der Waals surface area contributed by atoms with E-state index in [1.165, 1.54) is 5.56 Å². The van der Waals surface area contributed by atoms with Crippen LogP contribution in [0.1, 0.15) is 26.3 Å². The first kappa shape index (κ1) is 16.8. The van der Waals surface area contributed by atoms with Crippen molar-refractivity contribution >= 4 is 6.09 Å². The maximum Gasteiger partial charge on any atom is 0.410 e. The van der Waals surface area contributed by atoms with Crippen molar-refractivity contribution in [3.63, 3.8) is 0 Å². The average Bonchev–Trinajstić information content (AvgIpc) is 2.80. The van der Waals surface area contributed by atoms with Gasteiger partial charge in [-0.1, -0.05) is 30.3 Å². The Kier molecular flexibility index (Phi) is 5.42. The molecule has 2 rings (SSSR count). The zero-order valence-electron chi connectivity index (χ0n) is 13.6. The number of hydrogen-bond acceptors (Lipinski definition) is 4. The largest absolute Gasteiger partial charge is 0.444 e. The SMILES string of the molecule is CC(C)(C)OC(=O)N1C[C@@H](O)[C@H](NCCc2ccccc2)C1. The Bertz CT molecular complexity index is 484. The fraction of sp³-hybridized carbons (Fsp3) is 0.588. The predicted molar refractivity (Wildman–Crippen MR) is 85.8 cm³/mol. The summed E-state index contributed by atoms with van der Waals surface area (Å²) in [6.07, 6.45) is -0.0153. The molecule has 0 unspecified atom stereocenters. The van der Waals surface area contributed by atoms with E-state index in [1.54, 1.807) is 4.90 Å². The Morgan fingerprint density at radius 3 is 2.64 bits per heavy atom. The van der Waals surface area contributed by atoms with Gasteiger partial charge in [0, 0.05) is 6.54 Å². The van der Waals surface area contributed by atoms with Gasteiger partial charge in [-0.3, -0.25) is 0 Å². The van der Waals surface area contributed by atoms with Crippen molar-refractivity contribution in [2.45, 2.75) is 44.9 Å².